The Balaban J connectivity index is 1.91. The van der Waals surface area contributed by atoms with Crippen molar-refractivity contribution in [3.05, 3.63) is 59.7 Å². The van der Waals surface area contributed by atoms with Gasteiger partial charge < -0.3 is 14.8 Å². The van der Waals surface area contributed by atoms with Crippen molar-refractivity contribution in [2.24, 2.45) is 0 Å². The van der Waals surface area contributed by atoms with Gasteiger partial charge in [-0.05, 0) is 65.9 Å². The molecule has 130 valence electrons. The first-order valence-electron chi connectivity index (χ1n) is 8.44. The number of rotatable bonds is 6. The molecule has 0 fully saturated rings. The number of amides is 1. The van der Waals surface area contributed by atoms with E-state index in [4.69, 9.17) is 9.47 Å². The maximum absolute atomic E-state index is 11.7. The lowest BCUT2D eigenvalue weighted by Gasteiger charge is -2.15. The van der Waals surface area contributed by atoms with Crippen LogP contribution in [-0.4, -0.2) is 26.7 Å². The molecule has 0 atom stereocenters. The summed E-state index contributed by atoms with van der Waals surface area (Å²) >= 11 is 0. The van der Waals surface area contributed by atoms with Crippen LogP contribution in [0.5, 0.6) is 11.5 Å². The largest absolute Gasteiger partial charge is 0.497 e. The van der Waals surface area contributed by atoms with Crippen LogP contribution in [0.2, 0.25) is 0 Å². The van der Waals surface area contributed by atoms with Gasteiger partial charge in [0.05, 0.1) is 14.2 Å². The van der Waals surface area contributed by atoms with Gasteiger partial charge in [0.15, 0.2) is 0 Å². The Bertz CT molecular complexity index is 757. The summed E-state index contributed by atoms with van der Waals surface area (Å²) in [5.74, 6) is 1.85. The van der Waals surface area contributed by atoms with Crippen LogP contribution in [0.15, 0.2) is 48.6 Å². The van der Waals surface area contributed by atoms with E-state index in [1.165, 1.54) is 22.3 Å². The minimum Gasteiger partial charge on any atom is -0.497 e. The van der Waals surface area contributed by atoms with Crippen LogP contribution >= 0.6 is 0 Å². The third kappa shape index (κ3) is 3.38. The Morgan fingerprint density at radius 3 is 2.08 bits per heavy atom. The number of methoxy groups -OCH3 is 2. The number of allylic oxidation sites excluding steroid dienone is 1. The quantitative estimate of drug-likeness (QED) is 0.813. The van der Waals surface area contributed by atoms with Crippen LogP contribution in [-0.2, 0) is 4.79 Å². The van der Waals surface area contributed by atoms with Crippen LogP contribution in [0.25, 0.3) is 11.1 Å². The summed E-state index contributed by atoms with van der Waals surface area (Å²) in [5.41, 5.74) is 4.93. The fourth-order valence-corrected chi connectivity index (χ4v) is 3.43. The van der Waals surface area contributed by atoms with E-state index in [0.717, 1.165) is 17.9 Å². The molecule has 4 heteroatoms. The highest BCUT2D eigenvalue weighted by molar-refractivity contribution is 5.87. The lowest BCUT2D eigenvalue weighted by Crippen LogP contribution is -2.23. The van der Waals surface area contributed by atoms with Crippen LogP contribution in [0.3, 0.4) is 0 Å². The second-order valence-corrected chi connectivity index (χ2v) is 6.04. The number of hydrogen-bond acceptors (Lipinski definition) is 3. The van der Waals surface area contributed by atoms with E-state index in [9.17, 15) is 4.79 Å². The van der Waals surface area contributed by atoms with Gasteiger partial charge >= 0.3 is 0 Å². The van der Waals surface area contributed by atoms with Gasteiger partial charge in [-0.3, -0.25) is 4.79 Å². The van der Waals surface area contributed by atoms with Gasteiger partial charge in [-0.1, -0.05) is 18.2 Å². The van der Waals surface area contributed by atoms with Crippen LogP contribution in [0.4, 0.5) is 0 Å². The number of ether oxygens (including phenoxy) is 2. The molecule has 1 aliphatic rings. The molecule has 0 saturated carbocycles. The zero-order valence-corrected chi connectivity index (χ0v) is 14.8. The van der Waals surface area contributed by atoms with Crippen molar-refractivity contribution in [2.75, 3.05) is 20.8 Å². The minimum atomic E-state index is -0.0581. The molecule has 0 saturated heterocycles. The average molecular weight is 337 g/mol. The van der Waals surface area contributed by atoms with Gasteiger partial charge in [-0.15, -0.1) is 0 Å². The summed E-state index contributed by atoms with van der Waals surface area (Å²) in [7, 11) is 3.36. The summed E-state index contributed by atoms with van der Waals surface area (Å²) in [5, 5.41) is 2.94. The van der Waals surface area contributed by atoms with Crippen molar-refractivity contribution < 1.29 is 14.3 Å². The normalized spacial score (nSPS) is 12.8. The predicted molar refractivity (Wildman–Crippen MR) is 99.3 cm³/mol. The molecule has 4 nitrogen and oxygen atoms in total. The van der Waals surface area contributed by atoms with E-state index < -0.39 is 0 Å². The van der Waals surface area contributed by atoms with Crippen molar-refractivity contribution in [3.8, 4) is 22.6 Å². The number of benzene rings is 2. The third-order valence-electron chi connectivity index (χ3n) is 4.61. The molecule has 0 aromatic heterocycles. The van der Waals surface area contributed by atoms with Gasteiger partial charge in [0.1, 0.15) is 11.5 Å². The average Bonchev–Trinajstić information content (AvgIpc) is 2.94. The molecular formula is C21H23NO3. The summed E-state index contributed by atoms with van der Waals surface area (Å²) in [4.78, 5) is 11.7. The smallest absolute Gasteiger partial charge is 0.243 e. The molecule has 0 radical (unpaired) electrons. The molecule has 0 bridgehead atoms. The predicted octanol–water partition coefficient (Wildman–Crippen LogP) is 3.90. The second kappa shape index (κ2) is 7.43. The summed E-state index contributed by atoms with van der Waals surface area (Å²) in [6.45, 7) is 2.45. The summed E-state index contributed by atoms with van der Waals surface area (Å²) in [6, 6.07) is 12.4. The lowest BCUT2D eigenvalue weighted by molar-refractivity contribution is -0.116. The van der Waals surface area contributed by atoms with Gasteiger partial charge in [-0.2, -0.15) is 0 Å². The maximum Gasteiger partial charge on any atom is 0.243 e. The van der Waals surface area contributed by atoms with Gasteiger partial charge in [0.25, 0.3) is 0 Å². The third-order valence-corrected chi connectivity index (χ3v) is 4.61. The van der Waals surface area contributed by atoms with E-state index in [-0.39, 0.29) is 11.8 Å². The van der Waals surface area contributed by atoms with E-state index in [0.29, 0.717) is 6.54 Å². The molecule has 1 N–H and O–H groups in total. The highest BCUT2D eigenvalue weighted by Gasteiger charge is 2.29. The molecule has 0 unspecified atom stereocenters. The van der Waals surface area contributed by atoms with Crippen molar-refractivity contribution in [3.63, 3.8) is 0 Å². The molecular weight excluding hydrogens is 314 g/mol. The van der Waals surface area contributed by atoms with E-state index in [1.54, 1.807) is 26.4 Å². The first-order chi connectivity index (χ1) is 12.2. The van der Waals surface area contributed by atoms with Crippen LogP contribution in [0.1, 0.15) is 30.4 Å². The Morgan fingerprint density at radius 2 is 1.60 bits per heavy atom. The van der Waals surface area contributed by atoms with Gasteiger partial charge in [0.2, 0.25) is 5.91 Å². The molecule has 2 aromatic carbocycles. The topological polar surface area (TPSA) is 47.6 Å². The number of carbonyl (C=O) groups is 1. The first kappa shape index (κ1) is 17.1. The molecule has 0 spiro atoms. The molecule has 3 rings (SSSR count). The van der Waals surface area contributed by atoms with Crippen LogP contribution < -0.4 is 14.8 Å². The van der Waals surface area contributed by atoms with E-state index >= 15 is 0 Å². The Morgan fingerprint density at radius 1 is 1.04 bits per heavy atom. The molecule has 0 aliphatic heterocycles. The second-order valence-electron chi connectivity index (χ2n) is 6.04. The lowest BCUT2D eigenvalue weighted by atomic mass is 9.93. The Kier molecular flexibility index (Phi) is 5.08. The highest BCUT2D eigenvalue weighted by Crippen LogP contribution is 2.48. The summed E-state index contributed by atoms with van der Waals surface area (Å²) < 4.78 is 10.8. The fraction of sp³-hybridized carbons (Fsp3) is 0.286. The molecule has 0 heterocycles. The summed E-state index contributed by atoms with van der Waals surface area (Å²) in [6.07, 6.45) is 4.11. The monoisotopic (exact) mass is 337 g/mol. The number of nitrogens with one attached hydrogen (secondary N) is 1. The van der Waals surface area contributed by atoms with Gasteiger partial charge in [-0.25, -0.2) is 0 Å². The van der Waals surface area contributed by atoms with Crippen molar-refractivity contribution in [2.45, 2.75) is 19.3 Å². The van der Waals surface area contributed by atoms with E-state index in [2.05, 4.69) is 29.6 Å². The number of carbonyl (C=O) groups excluding carboxylic acids is 1. The minimum absolute atomic E-state index is 0.0581. The molecule has 2 aromatic rings. The Hall–Kier alpha value is -2.75. The fourth-order valence-electron chi connectivity index (χ4n) is 3.43. The SMILES string of the molecule is C/C=C/C(=O)NCCC1c2cc(OC)ccc2-c2ccc(OC)cc21. The highest BCUT2D eigenvalue weighted by atomic mass is 16.5. The van der Waals surface area contributed by atoms with Crippen molar-refractivity contribution in [1.82, 2.24) is 5.32 Å². The van der Waals surface area contributed by atoms with Crippen molar-refractivity contribution >= 4 is 5.91 Å². The zero-order valence-electron chi connectivity index (χ0n) is 14.8. The van der Waals surface area contributed by atoms with Crippen LogP contribution in [0, 0.1) is 0 Å². The zero-order chi connectivity index (χ0) is 17.8. The first-order valence-corrected chi connectivity index (χ1v) is 8.44. The standard InChI is InChI=1S/C21H23NO3/c1-4-5-21(23)22-11-10-18-19-12-14(24-2)6-8-16(19)17-9-7-15(25-3)13-20(17)18/h4-9,12-13,18H,10-11H2,1-3H3,(H,22,23)/b5-4+. The Labute approximate surface area is 148 Å². The van der Waals surface area contributed by atoms with Gasteiger partial charge in [0, 0.05) is 12.5 Å². The van der Waals surface area contributed by atoms with E-state index in [1.807, 2.05) is 19.1 Å². The number of hydrogen-bond donors (Lipinski definition) is 1. The van der Waals surface area contributed by atoms with Crippen molar-refractivity contribution in [1.29, 1.82) is 0 Å². The molecule has 1 amide bonds. The molecule has 1 aliphatic carbocycles. The molecule has 25 heavy (non-hydrogen) atoms. The number of fused-ring (bicyclic) bond motifs is 3. The maximum atomic E-state index is 11.7.